The fourth-order valence-electron chi connectivity index (χ4n) is 6.00. The summed E-state index contributed by atoms with van der Waals surface area (Å²) in [6.45, 7) is 4.70. The smallest absolute Gasteiger partial charge is 0.347 e. The van der Waals surface area contributed by atoms with Gasteiger partial charge in [-0.3, -0.25) is 9.55 Å². The number of ether oxygens (including phenoxy) is 2. The zero-order chi connectivity index (χ0) is 35.6. The second-order valence-electron chi connectivity index (χ2n) is 11.7. The Morgan fingerprint density at radius 1 is 0.769 bits per heavy atom. The third-order valence-electron chi connectivity index (χ3n) is 8.43. The summed E-state index contributed by atoms with van der Waals surface area (Å²) in [5.74, 6) is 1.96. The van der Waals surface area contributed by atoms with Gasteiger partial charge in [0.1, 0.15) is 26.8 Å². The molecule has 0 saturated carbocycles. The van der Waals surface area contributed by atoms with Crippen molar-refractivity contribution in [3.8, 4) is 63.4 Å². The van der Waals surface area contributed by atoms with Crippen LogP contribution in [0, 0.1) is 0 Å². The SMILES string of the molecule is CCOCCn1cc(-[n+]2ccccc2-c2csc3c(O)nc(-c4nccn4CCCOC)nc23)nc1-c1nc(O)c2scc(-c3ccccn3)c2n1. The maximum absolute atomic E-state index is 11.1. The van der Waals surface area contributed by atoms with Crippen LogP contribution in [0.1, 0.15) is 13.3 Å². The minimum absolute atomic E-state index is 0.112. The maximum atomic E-state index is 11.1. The summed E-state index contributed by atoms with van der Waals surface area (Å²) >= 11 is 2.73. The normalized spacial score (nSPS) is 11.7. The molecule has 0 aromatic carbocycles. The van der Waals surface area contributed by atoms with Gasteiger partial charge >= 0.3 is 5.82 Å². The molecule has 52 heavy (non-hydrogen) atoms. The number of fused-ring (bicyclic) bond motifs is 2. The Morgan fingerprint density at radius 3 is 2.27 bits per heavy atom. The van der Waals surface area contributed by atoms with E-state index in [1.807, 2.05) is 86.4 Å². The van der Waals surface area contributed by atoms with Crippen molar-refractivity contribution in [2.24, 2.45) is 0 Å². The predicted molar refractivity (Wildman–Crippen MR) is 197 cm³/mol. The Morgan fingerprint density at radius 2 is 1.52 bits per heavy atom. The van der Waals surface area contributed by atoms with Gasteiger partial charge in [-0.1, -0.05) is 12.1 Å². The molecule has 262 valence electrons. The zero-order valence-corrected chi connectivity index (χ0v) is 29.9. The van der Waals surface area contributed by atoms with Gasteiger partial charge in [0, 0.05) is 68.3 Å². The molecule has 0 radical (unpaired) electrons. The highest BCUT2D eigenvalue weighted by atomic mass is 32.1. The van der Waals surface area contributed by atoms with Crippen LogP contribution in [-0.4, -0.2) is 81.2 Å². The first-order chi connectivity index (χ1) is 25.5. The van der Waals surface area contributed by atoms with Crippen molar-refractivity contribution in [1.82, 2.24) is 44.0 Å². The van der Waals surface area contributed by atoms with Gasteiger partial charge in [0.2, 0.25) is 17.6 Å². The average Bonchev–Trinajstić information content (AvgIpc) is 3.98. The van der Waals surface area contributed by atoms with Gasteiger partial charge in [0.05, 0.1) is 29.6 Å². The standard InChI is InChI=1S/C36H32N10O4S2/c1-3-50-18-16-45-19-26(39-34(45)32-40-27-22(24-9-4-6-11-37-24)20-51-29(27)35(47)43-32)46-14-7-5-10-25(46)23-21-52-30-28(23)41-31(42-36(30)48)33-38-12-15-44(33)13-8-17-49-2/h4-7,9-12,14-15,19-21H,3,8,13,16-18H2,1-2H3,(H-,40,41,42,43,47,48)/p+1. The highest BCUT2D eigenvalue weighted by Crippen LogP contribution is 2.39. The molecule has 16 heteroatoms. The minimum atomic E-state index is -0.125. The van der Waals surface area contributed by atoms with Gasteiger partial charge in [0.15, 0.2) is 11.6 Å². The maximum Gasteiger partial charge on any atom is 0.347 e. The van der Waals surface area contributed by atoms with Gasteiger partial charge in [-0.15, -0.1) is 22.7 Å². The van der Waals surface area contributed by atoms with Gasteiger partial charge < -0.3 is 24.3 Å². The summed E-state index contributed by atoms with van der Waals surface area (Å²) in [7, 11) is 1.67. The summed E-state index contributed by atoms with van der Waals surface area (Å²) in [4.78, 5) is 32.9. The molecule has 0 saturated heterocycles. The zero-order valence-electron chi connectivity index (χ0n) is 28.2. The third kappa shape index (κ3) is 6.25. The molecule has 0 aliphatic heterocycles. The van der Waals surface area contributed by atoms with E-state index in [1.165, 1.54) is 22.7 Å². The number of hydrogen-bond acceptors (Lipinski definition) is 13. The first-order valence-corrected chi connectivity index (χ1v) is 18.3. The predicted octanol–water partition coefficient (Wildman–Crippen LogP) is 5.91. The van der Waals surface area contributed by atoms with E-state index in [-0.39, 0.29) is 17.6 Å². The molecule has 8 aromatic rings. The fraction of sp³-hybridized carbons (Fsp3) is 0.222. The Labute approximate surface area is 305 Å². The number of thiophene rings is 2. The monoisotopic (exact) mass is 733 g/mol. The number of imidazole rings is 2. The van der Waals surface area contributed by atoms with E-state index in [2.05, 4.69) is 19.9 Å². The lowest BCUT2D eigenvalue weighted by Gasteiger charge is -2.08. The lowest BCUT2D eigenvalue weighted by Crippen LogP contribution is -2.33. The van der Waals surface area contributed by atoms with Crippen LogP contribution in [0.3, 0.4) is 0 Å². The topological polar surface area (TPSA) is 163 Å². The minimum Gasteiger partial charge on any atom is -0.492 e. The molecule has 0 atom stereocenters. The van der Waals surface area contributed by atoms with E-state index in [0.717, 1.165) is 28.9 Å². The average molecular weight is 734 g/mol. The Kier molecular flexibility index (Phi) is 9.34. The van der Waals surface area contributed by atoms with Crippen LogP contribution in [0.25, 0.3) is 72.1 Å². The van der Waals surface area contributed by atoms with E-state index < -0.39 is 0 Å². The van der Waals surface area contributed by atoms with E-state index in [0.29, 0.717) is 76.6 Å². The van der Waals surface area contributed by atoms with Crippen molar-refractivity contribution >= 4 is 43.1 Å². The number of nitrogens with zero attached hydrogens (tertiary/aromatic N) is 10. The second-order valence-corrected chi connectivity index (χ2v) is 13.4. The molecule has 8 aromatic heterocycles. The van der Waals surface area contributed by atoms with Gasteiger partial charge in [-0.05, 0) is 42.6 Å². The van der Waals surface area contributed by atoms with Crippen molar-refractivity contribution in [2.75, 3.05) is 26.9 Å². The lowest BCUT2D eigenvalue weighted by molar-refractivity contribution is -0.587. The molecule has 2 N–H and O–H groups in total. The van der Waals surface area contributed by atoms with Crippen molar-refractivity contribution in [1.29, 1.82) is 0 Å². The molecule has 0 unspecified atom stereocenters. The molecule has 8 heterocycles. The van der Waals surface area contributed by atoms with Crippen LogP contribution < -0.4 is 4.57 Å². The largest absolute Gasteiger partial charge is 0.492 e. The lowest BCUT2D eigenvalue weighted by atomic mass is 10.2. The molecule has 0 aliphatic carbocycles. The number of rotatable bonds is 13. The van der Waals surface area contributed by atoms with Crippen LogP contribution in [0.5, 0.6) is 11.8 Å². The van der Waals surface area contributed by atoms with Crippen molar-refractivity contribution in [3.05, 3.63) is 78.1 Å². The number of methoxy groups -OCH3 is 1. The van der Waals surface area contributed by atoms with Gasteiger partial charge in [-0.2, -0.15) is 14.5 Å². The summed E-state index contributed by atoms with van der Waals surface area (Å²) < 4.78 is 17.9. The van der Waals surface area contributed by atoms with E-state index in [4.69, 9.17) is 24.4 Å². The highest BCUT2D eigenvalue weighted by Gasteiger charge is 2.28. The number of pyridine rings is 2. The quantitative estimate of drug-likeness (QED) is 0.107. The Hall–Kier alpha value is -5.68. The van der Waals surface area contributed by atoms with Gasteiger partial charge in [-0.25, -0.2) is 15.0 Å². The molecule has 0 bridgehead atoms. The number of hydrogen-bond donors (Lipinski definition) is 2. The van der Waals surface area contributed by atoms with Crippen LogP contribution in [0.4, 0.5) is 0 Å². The molecule has 0 aliphatic rings. The summed E-state index contributed by atoms with van der Waals surface area (Å²) in [6.07, 6.45) is 9.92. The fourth-order valence-corrected chi connectivity index (χ4v) is 7.78. The number of aromatic nitrogens is 10. The molecule has 0 spiro atoms. The van der Waals surface area contributed by atoms with Crippen LogP contribution in [-0.2, 0) is 22.6 Å². The summed E-state index contributed by atoms with van der Waals surface area (Å²) in [5, 5.41) is 26.0. The Balaban J connectivity index is 1.23. The molecule has 0 amide bonds. The third-order valence-corrected chi connectivity index (χ3v) is 10.4. The van der Waals surface area contributed by atoms with Crippen molar-refractivity contribution in [2.45, 2.75) is 26.4 Å². The van der Waals surface area contributed by atoms with Crippen molar-refractivity contribution < 1.29 is 24.3 Å². The number of aromatic hydroxyl groups is 2. The summed E-state index contributed by atoms with van der Waals surface area (Å²) in [6, 6.07) is 11.5. The van der Waals surface area contributed by atoms with Crippen molar-refractivity contribution in [3.63, 3.8) is 0 Å². The van der Waals surface area contributed by atoms with E-state index in [1.54, 1.807) is 19.5 Å². The van der Waals surface area contributed by atoms with E-state index >= 15 is 0 Å². The van der Waals surface area contributed by atoms with E-state index in [9.17, 15) is 10.2 Å². The molecule has 14 nitrogen and oxygen atoms in total. The van der Waals surface area contributed by atoms with Crippen LogP contribution in [0.15, 0.2) is 78.1 Å². The summed E-state index contributed by atoms with van der Waals surface area (Å²) in [5.41, 5.74) is 4.32. The first-order valence-electron chi connectivity index (χ1n) is 16.6. The molecule has 8 rings (SSSR count). The van der Waals surface area contributed by atoms with Gasteiger partial charge in [0.25, 0.3) is 5.82 Å². The molecular formula is C36H33N10O4S2+. The number of aryl methyl sites for hydroxylation is 1. The Bertz CT molecular complexity index is 2510. The molecule has 0 fully saturated rings. The van der Waals surface area contributed by atoms with Crippen LogP contribution in [0.2, 0.25) is 0 Å². The van der Waals surface area contributed by atoms with Crippen LogP contribution >= 0.6 is 22.7 Å². The highest BCUT2D eigenvalue weighted by molar-refractivity contribution is 7.18. The molecular weight excluding hydrogens is 701 g/mol. The second kappa shape index (κ2) is 14.5. The first kappa shape index (κ1) is 33.5.